The van der Waals surface area contributed by atoms with E-state index in [2.05, 4.69) is 120 Å². The lowest BCUT2D eigenvalue weighted by Crippen LogP contribution is -2.09. The Hall–Kier alpha value is -6.65. The van der Waals surface area contributed by atoms with Gasteiger partial charge in [0, 0.05) is 38.8 Å². The van der Waals surface area contributed by atoms with Crippen LogP contribution in [0.2, 0.25) is 0 Å². The van der Waals surface area contributed by atoms with Crippen LogP contribution in [0.25, 0.3) is 77.2 Å². The van der Waals surface area contributed by atoms with Crippen LogP contribution in [-0.4, -0.2) is 4.98 Å². The highest BCUT2D eigenvalue weighted by atomic mass is 16.3. The zero-order chi connectivity index (χ0) is 32.3. The number of fused-ring (bicyclic) bond motifs is 8. The molecule has 0 aliphatic heterocycles. The number of nitrogens with zero attached hydrogens (tertiary/aromatic N) is 2. The summed E-state index contributed by atoms with van der Waals surface area (Å²) in [5, 5.41) is 6.71. The van der Waals surface area contributed by atoms with Crippen molar-refractivity contribution < 1.29 is 8.83 Å². The number of hydrogen-bond acceptors (Lipinski definition) is 4. The van der Waals surface area contributed by atoms with E-state index in [4.69, 9.17) is 13.8 Å². The summed E-state index contributed by atoms with van der Waals surface area (Å²) < 4.78 is 12.7. The number of benzene rings is 8. The van der Waals surface area contributed by atoms with Gasteiger partial charge in [-0.3, -0.25) is 0 Å². The van der Waals surface area contributed by atoms with Crippen LogP contribution in [0.3, 0.4) is 0 Å². The third-order valence-electron chi connectivity index (χ3n) is 9.45. The Morgan fingerprint density at radius 2 is 1.12 bits per heavy atom. The molecule has 10 aromatic rings. The van der Waals surface area contributed by atoms with Gasteiger partial charge in [-0.05, 0) is 94.0 Å². The minimum atomic E-state index is 0.631. The third-order valence-corrected chi connectivity index (χ3v) is 9.45. The number of rotatable bonds is 5. The molecule has 0 atom stereocenters. The molecule has 2 heterocycles. The van der Waals surface area contributed by atoms with Crippen LogP contribution in [0.15, 0.2) is 179 Å². The quantitative estimate of drug-likeness (QED) is 0.178. The normalized spacial score (nSPS) is 11.7. The van der Waals surface area contributed by atoms with Gasteiger partial charge in [-0.15, -0.1) is 0 Å². The summed E-state index contributed by atoms with van der Waals surface area (Å²) in [6.07, 6.45) is 0. The molecule has 0 unspecified atom stereocenters. The van der Waals surface area contributed by atoms with Gasteiger partial charge in [0.2, 0.25) is 5.89 Å². The molecule has 0 saturated heterocycles. The number of oxazole rings is 1. The first-order valence-electron chi connectivity index (χ1n) is 16.5. The van der Waals surface area contributed by atoms with Crippen molar-refractivity contribution in [3.8, 4) is 22.6 Å². The Morgan fingerprint density at radius 1 is 0.429 bits per heavy atom. The standard InChI is InChI=1S/C45H28N2O2/c1-3-11-30(12-4-1)45-46-39-26-23-29-21-22-32-28-35(24-25-37(32)42(29)44(39)49-45)47(33-14-5-2-6-15-33)34-16-9-13-31(27-34)36-18-10-20-41-43(36)38-17-7-8-19-40(38)48-41/h1-28H. The number of furan rings is 1. The van der Waals surface area contributed by atoms with Crippen molar-refractivity contribution in [3.05, 3.63) is 170 Å². The van der Waals surface area contributed by atoms with Gasteiger partial charge >= 0.3 is 0 Å². The van der Waals surface area contributed by atoms with Gasteiger partial charge in [-0.25, -0.2) is 4.98 Å². The van der Waals surface area contributed by atoms with Gasteiger partial charge in [-0.2, -0.15) is 0 Å². The van der Waals surface area contributed by atoms with Gasteiger partial charge in [-0.1, -0.05) is 103 Å². The highest BCUT2D eigenvalue weighted by Crippen LogP contribution is 2.42. The molecule has 0 bridgehead atoms. The van der Waals surface area contributed by atoms with Crippen LogP contribution < -0.4 is 4.90 Å². The Morgan fingerprint density at radius 3 is 2.02 bits per heavy atom. The molecule has 8 aromatic carbocycles. The highest BCUT2D eigenvalue weighted by Gasteiger charge is 2.18. The predicted octanol–water partition coefficient (Wildman–Crippen LogP) is 12.8. The Balaban J connectivity index is 1.14. The fourth-order valence-corrected chi connectivity index (χ4v) is 7.21. The fraction of sp³-hybridized carbons (Fsp3) is 0. The Bertz CT molecular complexity index is 2830. The maximum Gasteiger partial charge on any atom is 0.227 e. The molecule has 0 amide bonds. The van der Waals surface area contributed by atoms with Crippen molar-refractivity contribution in [3.63, 3.8) is 0 Å². The van der Waals surface area contributed by atoms with E-state index in [0.717, 1.165) is 88.3 Å². The SMILES string of the molecule is c1ccc(-c2nc3ccc4ccc5cc(N(c6ccccc6)c6cccc(-c7cccc8oc9ccccc9c78)c6)ccc5c4c3o2)cc1. The highest BCUT2D eigenvalue weighted by molar-refractivity contribution is 6.18. The van der Waals surface area contributed by atoms with Crippen molar-refractivity contribution in [1.82, 2.24) is 4.98 Å². The van der Waals surface area contributed by atoms with E-state index in [1.807, 2.05) is 54.6 Å². The summed E-state index contributed by atoms with van der Waals surface area (Å²) in [4.78, 5) is 7.17. The summed E-state index contributed by atoms with van der Waals surface area (Å²) in [7, 11) is 0. The molecular formula is C45H28N2O2. The molecule has 4 heteroatoms. The minimum absolute atomic E-state index is 0.631. The Labute approximate surface area is 282 Å². The number of aromatic nitrogens is 1. The maximum absolute atomic E-state index is 6.47. The summed E-state index contributed by atoms with van der Waals surface area (Å²) in [6.45, 7) is 0. The zero-order valence-corrected chi connectivity index (χ0v) is 26.4. The van der Waals surface area contributed by atoms with E-state index >= 15 is 0 Å². The van der Waals surface area contributed by atoms with E-state index < -0.39 is 0 Å². The van der Waals surface area contributed by atoms with Crippen molar-refractivity contribution in [2.45, 2.75) is 0 Å². The van der Waals surface area contributed by atoms with E-state index in [1.165, 1.54) is 0 Å². The van der Waals surface area contributed by atoms with Crippen molar-refractivity contribution in [2.75, 3.05) is 4.90 Å². The van der Waals surface area contributed by atoms with E-state index in [1.54, 1.807) is 0 Å². The first-order chi connectivity index (χ1) is 24.3. The number of anilines is 3. The summed E-state index contributed by atoms with van der Waals surface area (Å²) in [6, 6.07) is 59.2. The van der Waals surface area contributed by atoms with Gasteiger partial charge in [0.1, 0.15) is 16.7 Å². The molecule has 0 aliphatic rings. The smallest absolute Gasteiger partial charge is 0.227 e. The van der Waals surface area contributed by atoms with Crippen LogP contribution in [0.1, 0.15) is 0 Å². The molecular weight excluding hydrogens is 601 g/mol. The van der Waals surface area contributed by atoms with Crippen LogP contribution in [0.4, 0.5) is 17.1 Å². The molecule has 0 fully saturated rings. The molecule has 0 saturated carbocycles. The topological polar surface area (TPSA) is 42.4 Å². The second-order valence-corrected chi connectivity index (χ2v) is 12.4. The van der Waals surface area contributed by atoms with Gasteiger partial charge < -0.3 is 13.7 Å². The first-order valence-corrected chi connectivity index (χ1v) is 16.5. The first kappa shape index (κ1) is 27.5. The monoisotopic (exact) mass is 628 g/mol. The molecule has 230 valence electrons. The maximum atomic E-state index is 6.47. The fourth-order valence-electron chi connectivity index (χ4n) is 7.21. The Kier molecular flexibility index (Phi) is 6.15. The van der Waals surface area contributed by atoms with Crippen LogP contribution in [0.5, 0.6) is 0 Å². The third kappa shape index (κ3) is 4.49. The average Bonchev–Trinajstić information content (AvgIpc) is 3.78. The lowest BCUT2D eigenvalue weighted by atomic mass is 9.98. The predicted molar refractivity (Wildman–Crippen MR) is 202 cm³/mol. The lowest BCUT2D eigenvalue weighted by molar-refractivity contribution is 0.623. The van der Waals surface area contributed by atoms with Gasteiger partial charge in [0.05, 0.1) is 0 Å². The second kappa shape index (κ2) is 11.0. The summed E-state index contributed by atoms with van der Waals surface area (Å²) >= 11 is 0. The van der Waals surface area contributed by atoms with Crippen molar-refractivity contribution >= 4 is 71.6 Å². The van der Waals surface area contributed by atoms with Gasteiger partial charge in [0.25, 0.3) is 0 Å². The summed E-state index contributed by atoms with van der Waals surface area (Å²) in [5.41, 5.74) is 9.91. The van der Waals surface area contributed by atoms with Crippen LogP contribution in [0, 0.1) is 0 Å². The zero-order valence-electron chi connectivity index (χ0n) is 26.4. The van der Waals surface area contributed by atoms with Crippen molar-refractivity contribution in [1.29, 1.82) is 0 Å². The number of hydrogen-bond donors (Lipinski definition) is 0. The molecule has 10 rings (SSSR count). The molecule has 0 spiro atoms. The van der Waals surface area contributed by atoms with Crippen LogP contribution in [-0.2, 0) is 0 Å². The second-order valence-electron chi connectivity index (χ2n) is 12.4. The van der Waals surface area contributed by atoms with E-state index in [0.29, 0.717) is 5.89 Å². The molecule has 0 N–H and O–H groups in total. The largest absolute Gasteiger partial charge is 0.456 e. The van der Waals surface area contributed by atoms with E-state index in [9.17, 15) is 0 Å². The average molecular weight is 629 g/mol. The van der Waals surface area contributed by atoms with Gasteiger partial charge in [0.15, 0.2) is 5.58 Å². The molecule has 4 nitrogen and oxygen atoms in total. The molecule has 0 aliphatic carbocycles. The van der Waals surface area contributed by atoms with Crippen LogP contribution >= 0.6 is 0 Å². The number of para-hydroxylation sites is 2. The summed E-state index contributed by atoms with van der Waals surface area (Å²) in [5.74, 6) is 0.631. The molecule has 0 radical (unpaired) electrons. The van der Waals surface area contributed by atoms with Crippen molar-refractivity contribution in [2.24, 2.45) is 0 Å². The molecule has 2 aromatic heterocycles. The lowest BCUT2D eigenvalue weighted by Gasteiger charge is -2.26. The van der Waals surface area contributed by atoms with E-state index in [-0.39, 0.29) is 0 Å². The minimum Gasteiger partial charge on any atom is -0.456 e. The molecule has 49 heavy (non-hydrogen) atoms.